The van der Waals surface area contributed by atoms with Crippen LogP contribution in [0.4, 0.5) is 0 Å². The topological polar surface area (TPSA) is 65.5 Å². The van der Waals surface area contributed by atoms with E-state index in [-0.39, 0.29) is 29.9 Å². The third-order valence-electron chi connectivity index (χ3n) is 3.22. The summed E-state index contributed by atoms with van der Waals surface area (Å²) in [5.74, 6) is 0.827. The number of halogens is 1. The largest absolute Gasteiger partial charge is 0.357 e. The van der Waals surface area contributed by atoms with E-state index in [0.717, 1.165) is 36.8 Å². The number of thiophene rings is 2. The minimum atomic E-state index is -0.00467. The lowest BCUT2D eigenvalue weighted by atomic mass is 10.3. The van der Waals surface area contributed by atoms with E-state index in [1.165, 1.54) is 16.2 Å². The minimum absolute atomic E-state index is 0. The lowest BCUT2D eigenvalue weighted by Crippen LogP contribution is -2.38. The molecule has 0 saturated carbocycles. The van der Waals surface area contributed by atoms with Gasteiger partial charge in [-0.2, -0.15) is 0 Å². The van der Waals surface area contributed by atoms with Gasteiger partial charge in [0, 0.05) is 31.1 Å². The number of nitrogens with zero attached hydrogens (tertiary/aromatic N) is 1. The van der Waals surface area contributed by atoms with E-state index < -0.39 is 0 Å². The standard InChI is InChI=1S/C17H24N4OS2.HI/c1-2-18-17(21-11-8-14-6-3-12-23-14)20-10-5-9-19-16(22)15-7-4-13-24-15;/h3-4,6-7,12-13H,2,5,8-11H2,1H3,(H,19,22)(H2,18,20,21);1H. The van der Waals surface area contributed by atoms with Gasteiger partial charge in [-0.15, -0.1) is 46.7 Å². The molecule has 0 unspecified atom stereocenters. The summed E-state index contributed by atoms with van der Waals surface area (Å²) in [6.45, 7) is 5.06. The van der Waals surface area contributed by atoms with E-state index in [9.17, 15) is 4.79 Å². The predicted molar refractivity (Wildman–Crippen MR) is 119 cm³/mol. The van der Waals surface area contributed by atoms with Crippen molar-refractivity contribution < 1.29 is 4.79 Å². The Balaban J connectivity index is 0.00000312. The normalized spacial score (nSPS) is 10.8. The molecule has 2 aromatic heterocycles. The average Bonchev–Trinajstić information content (AvgIpc) is 3.28. The van der Waals surface area contributed by atoms with Crippen LogP contribution in [0.3, 0.4) is 0 Å². The number of amides is 1. The van der Waals surface area contributed by atoms with Crippen LogP contribution in [-0.4, -0.2) is 38.0 Å². The van der Waals surface area contributed by atoms with Crippen molar-refractivity contribution in [2.45, 2.75) is 19.8 Å². The molecule has 25 heavy (non-hydrogen) atoms. The zero-order valence-electron chi connectivity index (χ0n) is 14.3. The first-order valence-electron chi connectivity index (χ1n) is 8.16. The smallest absolute Gasteiger partial charge is 0.261 e. The van der Waals surface area contributed by atoms with Gasteiger partial charge in [0.15, 0.2) is 5.96 Å². The van der Waals surface area contributed by atoms with Crippen molar-refractivity contribution in [3.8, 4) is 0 Å². The first-order valence-corrected chi connectivity index (χ1v) is 9.91. The van der Waals surface area contributed by atoms with Crippen LogP contribution in [0.5, 0.6) is 0 Å². The summed E-state index contributed by atoms with van der Waals surface area (Å²) in [6, 6.07) is 7.93. The van der Waals surface area contributed by atoms with Crippen LogP contribution in [-0.2, 0) is 6.42 Å². The minimum Gasteiger partial charge on any atom is -0.357 e. The molecule has 0 saturated heterocycles. The van der Waals surface area contributed by atoms with Crippen LogP contribution in [0.2, 0.25) is 0 Å². The van der Waals surface area contributed by atoms with Gasteiger partial charge in [-0.3, -0.25) is 9.79 Å². The SMILES string of the molecule is CCNC(=NCCCNC(=O)c1cccs1)NCCc1cccs1.I. The van der Waals surface area contributed by atoms with Gasteiger partial charge < -0.3 is 16.0 Å². The van der Waals surface area contributed by atoms with Gasteiger partial charge in [0.05, 0.1) is 4.88 Å². The highest BCUT2D eigenvalue weighted by Gasteiger charge is 2.04. The third kappa shape index (κ3) is 8.68. The number of hydrogen-bond acceptors (Lipinski definition) is 4. The highest BCUT2D eigenvalue weighted by molar-refractivity contribution is 14.0. The van der Waals surface area contributed by atoms with Gasteiger partial charge >= 0.3 is 0 Å². The van der Waals surface area contributed by atoms with Gasteiger partial charge in [-0.25, -0.2) is 0 Å². The Morgan fingerprint density at radius 2 is 1.88 bits per heavy atom. The molecule has 0 aliphatic carbocycles. The van der Waals surface area contributed by atoms with E-state index in [0.29, 0.717) is 13.1 Å². The number of carbonyl (C=O) groups is 1. The Kier molecular flexibility index (Phi) is 11.5. The highest BCUT2D eigenvalue weighted by atomic mass is 127. The van der Waals surface area contributed by atoms with Gasteiger partial charge in [0.25, 0.3) is 5.91 Å². The molecule has 138 valence electrons. The van der Waals surface area contributed by atoms with E-state index in [1.54, 1.807) is 11.3 Å². The first-order chi connectivity index (χ1) is 11.8. The van der Waals surface area contributed by atoms with Crippen molar-refractivity contribution in [2.24, 2.45) is 4.99 Å². The van der Waals surface area contributed by atoms with Crippen molar-refractivity contribution in [3.05, 3.63) is 44.8 Å². The molecular weight excluding hydrogens is 467 g/mol. The Morgan fingerprint density at radius 1 is 1.08 bits per heavy atom. The maximum Gasteiger partial charge on any atom is 0.261 e. The Morgan fingerprint density at radius 3 is 2.56 bits per heavy atom. The van der Waals surface area contributed by atoms with Crippen LogP contribution in [0, 0.1) is 0 Å². The molecule has 0 fully saturated rings. The number of rotatable bonds is 9. The first kappa shape index (κ1) is 21.9. The molecule has 1 amide bonds. The zero-order valence-corrected chi connectivity index (χ0v) is 18.3. The molecular formula is C17H25IN4OS2. The highest BCUT2D eigenvalue weighted by Crippen LogP contribution is 2.08. The van der Waals surface area contributed by atoms with E-state index in [1.807, 2.05) is 17.5 Å². The molecule has 0 aromatic carbocycles. The molecule has 0 bridgehead atoms. The number of carbonyl (C=O) groups excluding carboxylic acids is 1. The fourth-order valence-electron chi connectivity index (χ4n) is 2.07. The molecule has 2 rings (SSSR count). The Hall–Kier alpha value is -1.13. The molecule has 0 atom stereocenters. The molecule has 3 N–H and O–H groups in total. The van der Waals surface area contributed by atoms with Gasteiger partial charge in [-0.05, 0) is 42.7 Å². The van der Waals surface area contributed by atoms with Crippen LogP contribution >= 0.6 is 46.7 Å². The second-order valence-electron chi connectivity index (χ2n) is 5.10. The summed E-state index contributed by atoms with van der Waals surface area (Å²) in [5.41, 5.74) is 0. The second kappa shape index (κ2) is 13.1. The summed E-state index contributed by atoms with van der Waals surface area (Å²) >= 11 is 3.23. The second-order valence-corrected chi connectivity index (χ2v) is 7.08. The number of aliphatic imine (C=N–C) groups is 1. The average molecular weight is 492 g/mol. The molecule has 0 spiro atoms. The summed E-state index contributed by atoms with van der Waals surface area (Å²) in [5, 5.41) is 13.5. The van der Waals surface area contributed by atoms with Crippen molar-refractivity contribution in [3.63, 3.8) is 0 Å². The Labute approximate surface area is 174 Å². The van der Waals surface area contributed by atoms with Gasteiger partial charge in [-0.1, -0.05) is 12.1 Å². The molecule has 5 nitrogen and oxygen atoms in total. The molecule has 2 heterocycles. The van der Waals surface area contributed by atoms with E-state index in [4.69, 9.17) is 0 Å². The van der Waals surface area contributed by atoms with E-state index in [2.05, 4.69) is 45.4 Å². The fourth-order valence-corrected chi connectivity index (χ4v) is 3.42. The van der Waals surface area contributed by atoms with Crippen LogP contribution < -0.4 is 16.0 Å². The monoisotopic (exact) mass is 492 g/mol. The molecule has 0 radical (unpaired) electrons. The zero-order chi connectivity index (χ0) is 17.0. The van der Waals surface area contributed by atoms with Crippen molar-refractivity contribution >= 4 is 58.5 Å². The van der Waals surface area contributed by atoms with E-state index >= 15 is 0 Å². The number of nitrogens with one attached hydrogen (secondary N) is 3. The molecule has 2 aromatic rings. The van der Waals surface area contributed by atoms with Crippen molar-refractivity contribution in [1.82, 2.24) is 16.0 Å². The summed E-state index contributed by atoms with van der Waals surface area (Å²) in [7, 11) is 0. The lowest BCUT2D eigenvalue weighted by Gasteiger charge is -2.10. The van der Waals surface area contributed by atoms with Gasteiger partial charge in [0.1, 0.15) is 0 Å². The fraction of sp³-hybridized carbons (Fsp3) is 0.412. The van der Waals surface area contributed by atoms with Crippen LogP contribution in [0.25, 0.3) is 0 Å². The summed E-state index contributed by atoms with van der Waals surface area (Å²) in [4.78, 5) is 18.5. The summed E-state index contributed by atoms with van der Waals surface area (Å²) in [6.07, 6.45) is 1.82. The molecule has 0 aliphatic rings. The third-order valence-corrected chi connectivity index (χ3v) is 5.03. The number of hydrogen-bond donors (Lipinski definition) is 3. The maximum atomic E-state index is 11.8. The van der Waals surface area contributed by atoms with Gasteiger partial charge in [0.2, 0.25) is 0 Å². The lowest BCUT2D eigenvalue weighted by molar-refractivity contribution is 0.0957. The van der Waals surface area contributed by atoms with Crippen molar-refractivity contribution in [1.29, 1.82) is 0 Å². The number of guanidine groups is 1. The molecule has 0 aliphatic heterocycles. The maximum absolute atomic E-state index is 11.8. The van der Waals surface area contributed by atoms with Crippen LogP contribution in [0.1, 0.15) is 27.9 Å². The molecule has 8 heteroatoms. The van der Waals surface area contributed by atoms with Crippen LogP contribution in [0.15, 0.2) is 40.0 Å². The summed E-state index contributed by atoms with van der Waals surface area (Å²) < 4.78 is 0. The Bertz CT molecular complexity index is 615. The van der Waals surface area contributed by atoms with Crippen molar-refractivity contribution in [2.75, 3.05) is 26.2 Å². The predicted octanol–water partition coefficient (Wildman–Crippen LogP) is 3.35. The quantitative estimate of drug-likeness (QED) is 0.218.